The summed E-state index contributed by atoms with van der Waals surface area (Å²) in [4.78, 5) is 28.2. The first-order valence-corrected chi connectivity index (χ1v) is 9.79. The van der Waals surface area contributed by atoms with Crippen molar-refractivity contribution in [2.75, 3.05) is 32.8 Å². The number of benzene rings is 1. The van der Waals surface area contributed by atoms with E-state index >= 15 is 0 Å². The Hall–Kier alpha value is -1.99. The van der Waals surface area contributed by atoms with Crippen molar-refractivity contribution in [1.82, 2.24) is 9.80 Å². The molecule has 1 aromatic carbocycles. The summed E-state index contributed by atoms with van der Waals surface area (Å²) in [6.07, 6.45) is 4.34. The fourth-order valence-corrected chi connectivity index (χ4v) is 4.40. The first-order chi connectivity index (χ1) is 13.1. The van der Waals surface area contributed by atoms with Crippen LogP contribution in [0, 0.1) is 0 Å². The van der Waals surface area contributed by atoms with Gasteiger partial charge in [0, 0.05) is 6.54 Å². The van der Waals surface area contributed by atoms with Crippen molar-refractivity contribution >= 4 is 24.3 Å². The molecule has 28 heavy (non-hydrogen) atoms. The van der Waals surface area contributed by atoms with Gasteiger partial charge in [-0.25, -0.2) is 0 Å². The molecule has 3 aliphatic rings. The fourth-order valence-electron chi connectivity index (χ4n) is 4.40. The van der Waals surface area contributed by atoms with Crippen molar-refractivity contribution in [2.24, 2.45) is 0 Å². The van der Waals surface area contributed by atoms with Crippen LogP contribution >= 0.6 is 12.4 Å². The molecule has 1 N–H and O–H groups in total. The number of carboxylic acid groups (broad SMARTS) is 1. The van der Waals surface area contributed by atoms with Crippen LogP contribution in [0.2, 0.25) is 0 Å². The molecule has 7 nitrogen and oxygen atoms in total. The van der Waals surface area contributed by atoms with E-state index in [-0.39, 0.29) is 30.9 Å². The number of rotatable bonds is 4. The van der Waals surface area contributed by atoms with Crippen molar-refractivity contribution in [1.29, 1.82) is 0 Å². The number of aliphatic carboxylic acids is 1. The van der Waals surface area contributed by atoms with Crippen LogP contribution in [-0.4, -0.2) is 65.7 Å². The molecule has 2 saturated heterocycles. The van der Waals surface area contributed by atoms with E-state index in [1.807, 2.05) is 28.0 Å². The number of piperidine rings is 1. The SMILES string of the molecule is Cl.O=C(O)C1CCCCN1CC(=O)N1CCCC1c1ccc2c(c1)OCCO2. The lowest BCUT2D eigenvalue weighted by Crippen LogP contribution is -2.49. The highest BCUT2D eigenvalue weighted by atomic mass is 35.5. The largest absolute Gasteiger partial charge is 0.486 e. The van der Waals surface area contributed by atoms with E-state index in [1.165, 1.54) is 0 Å². The Morgan fingerprint density at radius 1 is 1.04 bits per heavy atom. The highest BCUT2D eigenvalue weighted by molar-refractivity contribution is 5.85. The van der Waals surface area contributed by atoms with E-state index in [2.05, 4.69) is 0 Å². The van der Waals surface area contributed by atoms with Gasteiger partial charge >= 0.3 is 5.97 Å². The van der Waals surface area contributed by atoms with Crippen LogP contribution in [0.15, 0.2) is 18.2 Å². The molecule has 3 heterocycles. The average Bonchev–Trinajstić information content (AvgIpc) is 3.18. The number of likely N-dealkylation sites (tertiary alicyclic amines) is 2. The number of hydrogen-bond acceptors (Lipinski definition) is 5. The van der Waals surface area contributed by atoms with Crippen LogP contribution < -0.4 is 9.47 Å². The van der Waals surface area contributed by atoms with Crippen LogP contribution in [0.1, 0.15) is 43.7 Å². The summed E-state index contributed by atoms with van der Waals surface area (Å²) < 4.78 is 11.3. The molecular formula is C20H27ClN2O5. The third-order valence-electron chi connectivity index (χ3n) is 5.76. The van der Waals surface area contributed by atoms with Crippen LogP contribution in [0.25, 0.3) is 0 Å². The van der Waals surface area contributed by atoms with E-state index in [0.29, 0.717) is 32.7 Å². The number of carbonyl (C=O) groups excluding carboxylic acids is 1. The van der Waals surface area contributed by atoms with Crippen LogP contribution in [0.4, 0.5) is 0 Å². The molecule has 0 aliphatic carbocycles. The molecular weight excluding hydrogens is 384 g/mol. The molecule has 1 aromatic rings. The van der Waals surface area contributed by atoms with E-state index in [9.17, 15) is 14.7 Å². The molecule has 8 heteroatoms. The number of nitrogens with zero attached hydrogens (tertiary/aromatic N) is 2. The van der Waals surface area contributed by atoms with E-state index in [1.54, 1.807) is 0 Å². The van der Waals surface area contributed by atoms with Crippen molar-refractivity contribution in [3.63, 3.8) is 0 Å². The molecule has 2 unspecified atom stereocenters. The Kier molecular flexibility index (Phi) is 6.67. The maximum atomic E-state index is 13.0. The number of fused-ring (bicyclic) bond motifs is 1. The molecule has 2 fully saturated rings. The molecule has 0 saturated carbocycles. The zero-order valence-electron chi connectivity index (χ0n) is 15.8. The van der Waals surface area contributed by atoms with Crippen LogP contribution in [0.3, 0.4) is 0 Å². The average molecular weight is 411 g/mol. The minimum atomic E-state index is -0.827. The van der Waals surface area contributed by atoms with Gasteiger partial charge in [-0.05, 0) is 49.9 Å². The Morgan fingerprint density at radius 2 is 1.82 bits per heavy atom. The molecule has 1 amide bonds. The van der Waals surface area contributed by atoms with E-state index in [4.69, 9.17) is 9.47 Å². The molecule has 4 rings (SSSR count). The predicted octanol–water partition coefficient (Wildman–Crippen LogP) is 2.48. The standard InChI is InChI=1S/C20H26N2O5.ClH/c23-19(13-21-8-2-1-4-16(21)20(24)25)22-9-3-5-15(22)14-6-7-17-18(12-14)27-11-10-26-17;/h6-7,12,15-16H,1-5,8-11,13H2,(H,24,25);1H. The number of ether oxygens (including phenoxy) is 2. The van der Waals surface area contributed by atoms with E-state index < -0.39 is 12.0 Å². The Morgan fingerprint density at radius 3 is 2.61 bits per heavy atom. The Labute approximate surface area is 171 Å². The predicted molar refractivity (Wildman–Crippen MR) is 105 cm³/mol. The molecule has 0 aromatic heterocycles. The zero-order chi connectivity index (χ0) is 18.8. The van der Waals surface area contributed by atoms with Crippen LogP contribution in [-0.2, 0) is 9.59 Å². The van der Waals surface area contributed by atoms with Gasteiger partial charge < -0.3 is 19.5 Å². The first-order valence-electron chi connectivity index (χ1n) is 9.79. The minimum absolute atomic E-state index is 0. The van der Waals surface area contributed by atoms with Gasteiger partial charge in [0.1, 0.15) is 19.3 Å². The van der Waals surface area contributed by atoms with Gasteiger partial charge in [0.2, 0.25) is 5.91 Å². The minimum Gasteiger partial charge on any atom is -0.486 e. The third-order valence-corrected chi connectivity index (χ3v) is 5.76. The van der Waals surface area contributed by atoms with Gasteiger partial charge in [-0.15, -0.1) is 12.4 Å². The van der Waals surface area contributed by atoms with Gasteiger partial charge in [0.05, 0.1) is 12.6 Å². The van der Waals surface area contributed by atoms with Crippen molar-refractivity contribution < 1.29 is 24.2 Å². The second kappa shape index (κ2) is 9.01. The first kappa shape index (κ1) is 20.7. The van der Waals surface area contributed by atoms with Crippen molar-refractivity contribution in [2.45, 2.75) is 44.2 Å². The molecule has 3 aliphatic heterocycles. The summed E-state index contributed by atoms with van der Waals surface area (Å²) >= 11 is 0. The van der Waals surface area contributed by atoms with Gasteiger partial charge in [0.25, 0.3) is 0 Å². The monoisotopic (exact) mass is 410 g/mol. The molecule has 0 spiro atoms. The summed E-state index contributed by atoms with van der Waals surface area (Å²) in [6, 6.07) is 5.37. The summed E-state index contributed by atoms with van der Waals surface area (Å²) in [5, 5.41) is 9.44. The molecule has 2 atom stereocenters. The molecule has 0 radical (unpaired) electrons. The Balaban J connectivity index is 0.00000225. The molecule has 0 bridgehead atoms. The lowest BCUT2D eigenvalue weighted by Gasteiger charge is -2.34. The number of amides is 1. The third kappa shape index (κ3) is 4.20. The van der Waals surface area contributed by atoms with Gasteiger partial charge in [-0.2, -0.15) is 0 Å². The van der Waals surface area contributed by atoms with Crippen molar-refractivity contribution in [3.8, 4) is 11.5 Å². The lowest BCUT2D eigenvalue weighted by molar-refractivity contribution is -0.146. The normalized spacial score (nSPS) is 24.5. The maximum absolute atomic E-state index is 13.0. The number of carbonyl (C=O) groups is 2. The Bertz CT molecular complexity index is 729. The second-order valence-electron chi connectivity index (χ2n) is 7.47. The van der Waals surface area contributed by atoms with Gasteiger partial charge in [-0.1, -0.05) is 12.5 Å². The highest BCUT2D eigenvalue weighted by Crippen LogP contribution is 2.38. The smallest absolute Gasteiger partial charge is 0.320 e. The maximum Gasteiger partial charge on any atom is 0.320 e. The van der Waals surface area contributed by atoms with E-state index in [0.717, 1.165) is 42.7 Å². The zero-order valence-corrected chi connectivity index (χ0v) is 16.7. The summed E-state index contributed by atoms with van der Waals surface area (Å²) in [7, 11) is 0. The number of carboxylic acids is 1. The van der Waals surface area contributed by atoms with Crippen molar-refractivity contribution in [3.05, 3.63) is 23.8 Å². The summed E-state index contributed by atoms with van der Waals surface area (Å²) in [6.45, 7) is 2.66. The molecule has 154 valence electrons. The number of halogens is 1. The quantitative estimate of drug-likeness (QED) is 0.821. The summed E-state index contributed by atoms with van der Waals surface area (Å²) in [5.41, 5.74) is 1.05. The second-order valence-corrected chi connectivity index (χ2v) is 7.47. The summed E-state index contributed by atoms with van der Waals surface area (Å²) in [5.74, 6) is 0.673. The number of hydrogen-bond donors (Lipinski definition) is 1. The highest BCUT2D eigenvalue weighted by Gasteiger charge is 2.35. The topological polar surface area (TPSA) is 79.3 Å². The van der Waals surface area contributed by atoms with Gasteiger partial charge in [-0.3, -0.25) is 14.5 Å². The van der Waals surface area contributed by atoms with Crippen LogP contribution in [0.5, 0.6) is 11.5 Å². The fraction of sp³-hybridized carbons (Fsp3) is 0.600. The lowest BCUT2D eigenvalue weighted by atomic mass is 10.0. The van der Waals surface area contributed by atoms with Gasteiger partial charge in [0.15, 0.2) is 11.5 Å².